The maximum absolute atomic E-state index is 10.7. The van der Waals surface area contributed by atoms with E-state index in [9.17, 15) is 9.59 Å². The maximum atomic E-state index is 10.7. The Morgan fingerprint density at radius 1 is 1.42 bits per heavy atom. The van der Waals surface area contributed by atoms with Crippen molar-refractivity contribution in [2.75, 3.05) is 13.2 Å². The second-order valence-corrected chi connectivity index (χ2v) is 2.23. The Bertz CT molecular complexity index is 133. The molecule has 0 saturated carbocycles. The molecule has 0 aliphatic heterocycles. The summed E-state index contributed by atoms with van der Waals surface area (Å²) in [5.41, 5.74) is 0. The number of ether oxygens (including phenoxy) is 2. The van der Waals surface area contributed by atoms with E-state index in [-0.39, 0.29) is 5.97 Å². The summed E-state index contributed by atoms with van der Waals surface area (Å²) in [6.45, 7) is 2.98. The highest BCUT2D eigenvalue weighted by Gasteiger charge is 1.99. The fraction of sp³-hybridized carbons (Fsp3) is 0.750. The topological polar surface area (TPSA) is 52.6 Å². The number of hydrogen-bond acceptors (Lipinski definition) is 4. The average Bonchev–Trinajstić information content (AvgIpc) is 2.05. The Labute approximate surface area is 71.8 Å². The monoisotopic (exact) mass is 174 g/mol. The second kappa shape index (κ2) is 8.04. The summed E-state index contributed by atoms with van der Waals surface area (Å²) < 4.78 is 9.14. The molecule has 0 aromatic carbocycles. The largest absolute Gasteiger partial charge is 0.468 e. The van der Waals surface area contributed by atoms with Gasteiger partial charge < -0.3 is 9.47 Å². The van der Waals surface area contributed by atoms with Gasteiger partial charge in [-0.25, -0.2) is 0 Å². The molecule has 0 radical (unpaired) electrons. The lowest BCUT2D eigenvalue weighted by atomic mass is 10.2. The molecule has 0 atom stereocenters. The number of esters is 1. The molecule has 0 aromatic heterocycles. The minimum atomic E-state index is -0.191. The summed E-state index contributed by atoms with van der Waals surface area (Å²) in [5.74, 6) is -0.191. The molecule has 0 aromatic rings. The van der Waals surface area contributed by atoms with E-state index in [2.05, 4.69) is 4.74 Å². The van der Waals surface area contributed by atoms with Gasteiger partial charge in [0, 0.05) is 6.42 Å². The summed E-state index contributed by atoms with van der Waals surface area (Å²) in [6.07, 6.45) is 1.81. The first kappa shape index (κ1) is 10.9. The average molecular weight is 174 g/mol. The van der Waals surface area contributed by atoms with Crippen LogP contribution in [0.2, 0.25) is 0 Å². The van der Waals surface area contributed by atoms with Gasteiger partial charge in [0.05, 0.1) is 13.2 Å². The van der Waals surface area contributed by atoms with E-state index in [1.54, 1.807) is 6.92 Å². The van der Waals surface area contributed by atoms with Crippen LogP contribution in [0.15, 0.2) is 0 Å². The first-order chi connectivity index (χ1) is 5.81. The van der Waals surface area contributed by atoms with Gasteiger partial charge in [0.2, 0.25) is 0 Å². The van der Waals surface area contributed by atoms with Crippen LogP contribution in [-0.2, 0) is 19.1 Å². The van der Waals surface area contributed by atoms with Crippen LogP contribution in [-0.4, -0.2) is 25.7 Å². The lowest BCUT2D eigenvalue weighted by Gasteiger charge is -2.00. The fourth-order valence-corrected chi connectivity index (χ4v) is 0.736. The molecule has 0 saturated heterocycles. The maximum Gasteiger partial charge on any atom is 0.305 e. The zero-order valence-electron chi connectivity index (χ0n) is 7.25. The Hall–Kier alpha value is -1.06. The Balaban J connectivity index is 3.08. The van der Waals surface area contributed by atoms with Crippen LogP contribution in [0.25, 0.3) is 0 Å². The van der Waals surface area contributed by atoms with Crippen molar-refractivity contribution in [2.45, 2.75) is 26.2 Å². The quantitative estimate of drug-likeness (QED) is 0.327. The van der Waals surface area contributed by atoms with Gasteiger partial charge >= 0.3 is 5.97 Å². The smallest absolute Gasteiger partial charge is 0.305 e. The molecule has 0 heterocycles. The molecule has 0 aliphatic carbocycles. The third kappa shape index (κ3) is 7.05. The summed E-state index contributed by atoms with van der Waals surface area (Å²) in [6, 6.07) is 0. The predicted octanol–water partition coefficient (Wildman–Crippen LogP) is 0.893. The van der Waals surface area contributed by atoms with E-state index >= 15 is 0 Å². The van der Waals surface area contributed by atoms with Crippen molar-refractivity contribution in [3.63, 3.8) is 0 Å². The van der Waals surface area contributed by atoms with Crippen LogP contribution in [0.3, 0.4) is 0 Å². The molecule has 12 heavy (non-hydrogen) atoms. The third-order valence-corrected chi connectivity index (χ3v) is 1.27. The summed E-state index contributed by atoms with van der Waals surface area (Å²) >= 11 is 0. The fourth-order valence-electron chi connectivity index (χ4n) is 0.736. The van der Waals surface area contributed by atoms with Crippen LogP contribution in [0, 0.1) is 0 Å². The van der Waals surface area contributed by atoms with Gasteiger partial charge in [0.1, 0.15) is 0 Å². The highest BCUT2D eigenvalue weighted by Crippen LogP contribution is 1.97. The molecule has 0 rings (SSSR count). The van der Waals surface area contributed by atoms with Crippen LogP contribution in [0.4, 0.5) is 0 Å². The summed E-state index contributed by atoms with van der Waals surface area (Å²) in [4.78, 5) is 20.4. The number of carbonyl (C=O) groups excluding carboxylic acids is 2. The van der Waals surface area contributed by atoms with Crippen molar-refractivity contribution < 1.29 is 19.1 Å². The molecule has 0 amide bonds. The van der Waals surface area contributed by atoms with Crippen LogP contribution < -0.4 is 0 Å². The molecule has 0 N–H and O–H groups in total. The van der Waals surface area contributed by atoms with Gasteiger partial charge in [-0.2, -0.15) is 0 Å². The summed E-state index contributed by atoms with van der Waals surface area (Å²) in [5, 5.41) is 0. The molecule has 4 heteroatoms. The van der Waals surface area contributed by atoms with Crippen LogP contribution in [0.5, 0.6) is 0 Å². The van der Waals surface area contributed by atoms with Gasteiger partial charge in [-0.15, -0.1) is 0 Å². The van der Waals surface area contributed by atoms with Gasteiger partial charge in [0.15, 0.2) is 0 Å². The second-order valence-electron chi connectivity index (χ2n) is 2.23. The Morgan fingerprint density at radius 3 is 2.75 bits per heavy atom. The van der Waals surface area contributed by atoms with Gasteiger partial charge in [-0.05, 0) is 19.8 Å². The van der Waals surface area contributed by atoms with E-state index in [0.717, 1.165) is 0 Å². The van der Waals surface area contributed by atoms with Crippen molar-refractivity contribution in [1.29, 1.82) is 0 Å². The third-order valence-electron chi connectivity index (χ3n) is 1.27. The molecule has 0 fully saturated rings. The first-order valence-electron chi connectivity index (χ1n) is 4.02. The number of rotatable bonds is 7. The number of carbonyl (C=O) groups is 2. The SMILES string of the molecule is CCOC(=O)CCCCOC=O. The standard InChI is InChI=1S/C8H14O4/c1-2-12-8(10)5-3-4-6-11-7-9/h7H,2-6H2,1H3. The van der Waals surface area contributed by atoms with Crippen molar-refractivity contribution in [3.8, 4) is 0 Å². The van der Waals surface area contributed by atoms with Crippen molar-refractivity contribution in [3.05, 3.63) is 0 Å². The van der Waals surface area contributed by atoms with Gasteiger partial charge in [-0.1, -0.05) is 0 Å². The van der Waals surface area contributed by atoms with Crippen molar-refractivity contribution >= 4 is 12.4 Å². The van der Waals surface area contributed by atoms with Crippen molar-refractivity contribution in [1.82, 2.24) is 0 Å². The van der Waals surface area contributed by atoms with Crippen molar-refractivity contribution in [2.24, 2.45) is 0 Å². The lowest BCUT2D eigenvalue weighted by molar-refractivity contribution is -0.143. The molecular weight excluding hydrogens is 160 g/mol. The molecule has 0 bridgehead atoms. The highest BCUT2D eigenvalue weighted by atomic mass is 16.5. The van der Waals surface area contributed by atoms with E-state index < -0.39 is 0 Å². The first-order valence-corrected chi connectivity index (χ1v) is 4.02. The molecule has 70 valence electrons. The Morgan fingerprint density at radius 2 is 2.17 bits per heavy atom. The Kier molecular flexibility index (Phi) is 7.33. The number of unbranched alkanes of at least 4 members (excludes halogenated alkanes) is 1. The normalized spacial score (nSPS) is 9.08. The minimum Gasteiger partial charge on any atom is -0.468 e. The molecule has 0 spiro atoms. The summed E-state index contributed by atoms with van der Waals surface area (Å²) in [7, 11) is 0. The molecule has 0 aliphatic rings. The van der Waals surface area contributed by atoms with E-state index in [0.29, 0.717) is 38.9 Å². The van der Waals surface area contributed by atoms with Gasteiger partial charge in [0.25, 0.3) is 6.47 Å². The van der Waals surface area contributed by atoms with Crippen LogP contribution in [0.1, 0.15) is 26.2 Å². The highest BCUT2D eigenvalue weighted by molar-refractivity contribution is 5.69. The van der Waals surface area contributed by atoms with E-state index in [4.69, 9.17) is 4.74 Å². The van der Waals surface area contributed by atoms with E-state index in [1.165, 1.54) is 0 Å². The zero-order chi connectivity index (χ0) is 9.23. The molecule has 4 nitrogen and oxygen atoms in total. The minimum absolute atomic E-state index is 0.191. The predicted molar refractivity (Wildman–Crippen MR) is 42.5 cm³/mol. The van der Waals surface area contributed by atoms with Gasteiger partial charge in [-0.3, -0.25) is 9.59 Å². The van der Waals surface area contributed by atoms with E-state index in [1.807, 2.05) is 0 Å². The lowest BCUT2D eigenvalue weighted by Crippen LogP contribution is -2.04. The zero-order valence-corrected chi connectivity index (χ0v) is 7.25. The number of hydrogen-bond donors (Lipinski definition) is 0. The molecular formula is C8H14O4. The molecule has 0 unspecified atom stereocenters. The van der Waals surface area contributed by atoms with Crippen LogP contribution >= 0.6 is 0 Å².